The summed E-state index contributed by atoms with van der Waals surface area (Å²) in [6, 6.07) is 10.7. The number of pyridine rings is 1. The van der Waals surface area contributed by atoms with Crippen LogP contribution in [0.25, 0.3) is 21.0 Å². The summed E-state index contributed by atoms with van der Waals surface area (Å²) in [5.74, 6) is 0. The van der Waals surface area contributed by atoms with Crippen molar-refractivity contribution in [2.24, 2.45) is 0 Å². The predicted molar refractivity (Wildman–Crippen MR) is 90.5 cm³/mol. The van der Waals surface area contributed by atoms with Gasteiger partial charge in [-0.05, 0) is 24.3 Å². The minimum Gasteiger partial charge on any atom is -0.423 e. The molecule has 0 unspecified atom stereocenters. The van der Waals surface area contributed by atoms with Crippen LogP contribution in [0.3, 0.4) is 0 Å². The third-order valence-corrected chi connectivity index (χ3v) is 5.39. The van der Waals surface area contributed by atoms with Crippen molar-refractivity contribution in [3.63, 3.8) is 0 Å². The number of aromatic nitrogens is 1. The molecule has 0 radical (unpaired) electrons. The second-order valence-corrected chi connectivity index (χ2v) is 6.81. The van der Waals surface area contributed by atoms with Gasteiger partial charge in [-0.3, -0.25) is 4.98 Å². The first-order valence-electron chi connectivity index (χ1n) is 6.43. The monoisotopic (exact) mass is 331 g/mol. The van der Waals surface area contributed by atoms with E-state index in [1.165, 1.54) is 22.7 Å². The maximum atomic E-state index is 9.13. The van der Waals surface area contributed by atoms with E-state index >= 15 is 0 Å². The van der Waals surface area contributed by atoms with E-state index in [1.807, 2.05) is 18.2 Å². The summed E-state index contributed by atoms with van der Waals surface area (Å²) in [7, 11) is -2.92. The summed E-state index contributed by atoms with van der Waals surface area (Å²) < 4.78 is 0.958. The Hall–Kier alpha value is -1.48. The van der Waals surface area contributed by atoms with E-state index in [9.17, 15) is 0 Å². The van der Waals surface area contributed by atoms with Gasteiger partial charge in [-0.2, -0.15) is 0 Å². The van der Waals surface area contributed by atoms with Crippen LogP contribution in [0.1, 0.15) is 0 Å². The molecule has 0 saturated carbocycles. The molecule has 0 spiro atoms. The molecule has 4 N–H and O–H groups in total. The number of rotatable bonds is 4. The molecular weight excluding hydrogens is 320 g/mol. The Bertz CT molecular complexity index is 705. The Labute approximate surface area is 135 Å². The lowest BCUT2D eigenvalue weighted by Gasteiger charge is -2.00. The van der Waals surface area contributed by atoms with Crippen molar-refractivity contribution in [1.29, 1.82) is 0 Å². The number of hydrogen-bond donors (Lipinski definition) is 4. The van der Waals surface area contributed by atoms with Gasteiger partial charge in [0.05, 0.1) is 10.6 Å². The van der Waals surface area contributed by atoms with Crippen LogP contribution < -0.4 is 9.55 Å². The molecule has 0 aliphatic heterocycles. The first kappa shape index (κ1) is 15.4. The molecule has 0 fully saturated rings. The number of hydrogen-bond acceptors (Lipinski definition) is 7. The van der Waals surface area contributed by atoms with E-state index in [0.29, 0.717) is 9.55 Å². The zero-order valence-electron chi connectivity index (χ0n) is 11.2. The number of nitrogens with zero attached hydrogens (tertiary/aromatic N) is 1. The van der Waals surface area contributed by atoms with Crippen molar-refractivity contribution < 1.29 is 20.1 Å². The van der Waals surface area contributed by atoms with Crippen LogP contribution in [0.5, 0.6) is 0 Å². The standard InChI is InChI=1S/C13H11B2NO4S2/c17-14(18)12-5-3-10(21-12)8-1-2-9(16-7-8)11-4-6-13(22-11)15(19)20/h1-7,17-20H. The van der Waals surface area contributed by atoms with Gasteiger partial charge in [0, 0.05) is 26.2 Å². The topological polar surface area (TPSA) is 93.8 Å². The van der Waals surface area contributed by atoms with E-state index in [1.54, 1.807) is 24.4 Å². The second kappa shape index (κ2) is 6.33. The lowest BCUT2D eigenvalue weighted by Crippen LogP contribution is -2.26. The molecule has 0 bridgehead atoms. The average molecular weight is 331 g/mol. The highest BCUT2D eigenvalue weighted by Crippen LogP contribution is 2.27. The summed E-state index contributed by atoms with van der Waals surface area (Å²) in [6.07, 6.45) is 1.71. The zero-order valence-corrected chi connectivity index (χ0v) is 12.9. The van der Waals surface area contributed by atoms with E-state index in [0.717, 1.165) is 21.0 Å². The summed E-state index contributed by atoms with van der Waals surface area (Å²) in [4.78, 5) is 6.14. The molecule has 3 heterocycles. The van der Waals surface area contributed by atoms with Crippen LogP contribution in [0.15, 0.2) is 42.6 Å². The zero-order chi connectivity index (χ0) is 15.7. The van der Waals surface area contributed by atoms with Crippen molar-refractivity contribution in [1.82, 2.24) is 4.98 Å². The average Bonchev–Trinajstić information content (AvgIpc) is 3.17. The summed E-state index contributed by atoms with van der Waals surface area (Å²) in [6.45, 7) is 0. The molecule has 0 aliphatic carbocycles. The highest BCUT2D eigenvalue weighted by atomic mass is 32.1. The van der Waals surface area contributed by atoms with E-state index in [2.05, 4.69) is 4.98 Å². The molecule has 0 aliphatic rings. The van der Waals surface area contributed by atoms with Crippen molar-refractivity contribution in [3.8, 4) is 21.0 Å². The first-order chi connectivity index (χ1) is 10.5. The first-order valence-corrected chi connectivity index (χ1v) is 8.06. The van der Waals surface area contributed by atoms with Crippen molar-refractivity contribution in [2.75, 3.05) is 0 Å². The van der Waals surface area contributed by atoms with Crippen LogP contribution in [0.4, 0.5) is 0 Å². The lowest BCUT2D eigenvalue weighted by atomic mass is 9.90. The van der Waals surface area contributed by atoms with Crippen LogP contribution in [0.2, 0.25) is 0 Å². The fourth-order valence-electron chi connectivity index (χ4n) is 1.96. The molecule has 0 atom stereocenters. The Morgan fingerprint density at radius 3 is 1.82 bits per heavy atom. The van der Waals surface area contributed by atoms with E-state index in [-0.39, 0.29) is 0 Å². The normalized spacial score (nSPS) is 10.7. The highest BCUT2D eigenvalue weighted by molar-refractivity contribution is 7.25. The molecule has 3 aromatic rings. The largest absolute Gasteiger partial charge is 0.499 e. The van der Waals surface area contributed by atoms with Gasteiger partial charge in [-0.25, -0.2) is 0 Å². The SMILES string of the molecule is OB(O)c1ccc(-c2ccc(-c3ccc(B(O)O)s3)nc2)s1. The Kier molecular flexibility index (Phi) is 4.44. The Morgan fingerprint density at radius 1 is 0.727 bits per heavy atom. The fraction of sp³-hybridized carbons (Fsp3) is 0. The number of thiophene rings is 2. The van der Waals surface area contributed by atoms with Gasteiger partial charge >= 0.3 is 14.2 Å². The van der Waals surface area contributed by atoms with Gasteiger partial charge < -0.3 is 20.1 Å². The van der Waals surface area contributed by atoms with Crippen LogP contribution in [-0.2, 0) is 0 Å². The van der Waals surface area contributed by atoms with Crippen molar-refractivity contribution in [3.05, 3.63) is 42.6 Å². The predicted octanol–water partition coefficient (Wildman–Crippen LogP) is -0.102. The van der Waals surface area contributed by atoms with Crippen LogP contribution in [0, 0.1) is 0 Å². The molecule has 5 nitrogen and oxygen atoms in total. The van der Waals surface area contributed by atoms with Crippen molar-refractivity contribution >= 4 is 46.5 Å². The van der Waals surface area contributed by atoms with Gasteiger partial charge in [-0.15, -0.1) is 22.7 Å². The molecule has 0 saturated heterocycles. The van der Waals surface area contributed by atoms with Gasteiger partial charge in [0.25, 0.3) is 0 Å². The Morgan fingerprint density at radius 2 is 1.32 bits per heavy atom. The molecular formula is C13H11B2NO4S2. The smallest absolute Gasteiger partial charge is 0.423 e. The lowest BCUT2D eigenvalue weighted by molar-refractivity contribution is 0.425. The molecule has 3 aromatic heterocycles. The molecule has 0 amide bonds. The third-order valence-electron chi connectivity index (χ3n) is 3.06. The summed E-state index contributed by atoms with van der Waals surface area (Å²) in [5.41, 5.74) is 1.64. The quantitative estimate of drug-likeness (QED) is 0.501. The Balaban J connectivity index is 1.85. The third kappa shape index (κ3) is 3.14. The molecule has 110 valence electrons. The molecule has 0 aromatic carbocycles. The minimum atomic E-state index is -1.47. The van der Waals surface area contributed by atoms with E-state index < -0.39 is 14.2 Å². The molecule has 3 rings (SSSR count). The van der Waals surface area contributed by atoms with Gasteiger partial charge in [0.1, 0.15) is 0 Å². The maximum absolute atomic E-state index is 9.13. The molecule has 9 heteroatoms. The van der Waals surface area contributed by atoms with E-state index in [4.69, 9.17) is 20.1 Å². The van der Waals surface area contributed by atoms with Gasteiger partial charge in [0.2, 0.25) is 0 Å². The maximum Gasteiger partial charge on any atom is 0.499 e. The summed E-state index contributed by atoms with van der Waals surface area (Å²) in [5, 5.41) is 36.5. The minimum absolute atomic E-state index is 0.473. The highest BCUT2D eigenvalue weighted by Gasteiger charge is 2.16. The van der Waals surface area contributed by atoms with Crippen LogP contribution >= 0.6 is 22.7 Å². The van der Waals surface area contributed by atoms with Crippen molar-refractivity contribution in [2.45, 2.75) is 0 Å². The second-order valence-electron chi connectivity index (χ2n) is 4.58. The summed E-state index contributed by atoms with van der Waals surface area (Å²) >= 11 is 2.58. The van der Waals surface area contributed by atoms with Crippen LogP contribution in [-0.4, -0.2) is 39.3 Å². The fourth-order valence-corrected chi connectivity index (χ4v) is 3.69. The molecule has 22 heavy (non-hydrogen) atoms. The van der Waals surface area contributed by atoms with Gasteiger partial charge in [-0.1, -0.05) is 12.1 Å². The van der Waals surface area contributed by atoms with Gasteiger partial charge in [0.15, 0.2) is 0 Å².